The molecule has 4 rings (SSSR count). The highest BCUT2D eigenvalue weighted by Gasteiger charge is 2.67. The number of aliphatic carboxylic acids is 1. The molecule has 33 heavy (non-hydrogen) atoms. The normalized spacial score (nSPS) is 47.9. The Labute approximate surface area is 202 Å². The monoisotopic (exact) mass is 458 g/mol. The van der Waals surface area contributed by atoms with Crippen LogP contribution in [-0.2, 0) is 4.79 Å². The van der Waals surface area contributed by atoms with Crippen molar-refractivity contribution in [3.63, 3.8) is 0 Å². The smallest absolute Gasteiger partial charge is 0.330 e. The Hall–Kier alpha value is -0.830. The van der Waals surface area contributed by atoms with Crippen LogP contribution in [0.1, 0.15) is 113 Å². The minimum Gasteiger partial charge on any atom is -0.478 e. The molecule has 0 spiro atoms. The second kappa shape index (κ2) is 8.38. The number of carboxylic acids is 1. The summed E-state index contributed by atoms with van der Waals surface area (Å²) >= 11 is 0. The van der Waals surface area contributed by atoms with Crippen LogP contribution in [0.2, 0.25) is 0 Å². The first kappa shape index (κ1) is 25.3. The van der Waals surface area contributed by atoms with Gasteiger partial charge in [-0.15, -0.1) is 0 Å². The Morgan fingerprint density at radius 1 is 0.939 bits per heavy atom. The van der Waals surface area contributed by atoms with Crippen molar-refractivity contribution in [1.29, 1.82) is 0 Å². The van der Waals surface area contributed by atoms with Gasteiger partial charge in [-0.25, -0.2) is 4.79 Å². The first-order valence-corrected chi connectivity index (χ1v) is 13.9. The van der Waals surface area contributed by atoms with Crippen molar-refractivity contribution in [3.8, 4) is 0 Å². The molecule has 188 valence electrons. The predicted octanol–water partition coefficient (Wildman–Crippen LogP) is 7.48. The van der Waals surface area contributed by atoms with Gasteiger partial charge in [0.1, 0.15) is 0 Å². The fraction of sp³-hybridized carbons (Fsp3) is 0.900. The van der Waals surface area contributed by atoms with E-state index in [1.54, 1.807) is 6.92 Å². The number of rotatable bonds is 5. The molecule has 4 saturated carbocycles. The fourth-order valence-electron chi connectivity index (χ4n) is 10.3. The maximum atomic E-state index is 11.1. The van der Waals surface area contributed by atoms with Crippen molar-refractivity contribution < 1.29 is 15.0 Å². The van der Waals surface area contributed by atoms with E-state index >= 15 is 0 Å². The number of fused-ring (bicyclic) bond motifs is 5. The number of aliphatic hydroxyl groups is 1. The summed E-state index contributed by atoms with van der Waals surface area (Å²) in [4.78, 5) is 11.1. The van der Waals surface area contributed by atoms with Crippen molar-refractivity contribution in [1.82, 2.24) is 0 Å². The summed E-state index contributed by atoms with van der Waals surface area (Å²) < 4.78 is 0. The van der Waals surface area contributed by atoms with Gasteiger partial charge in [-0.1, -0.05) is 47.6 Å². The van der Waals surface area contributed by atoms with Gasteiger partial charge >= 0.3 is 5.97 Å². The molecule has 0 unspecified atom stereocenters. The van der Waals surface area contributed by atoms with Crippen LogP contribution in [0.4, 0.5) is 0 Å². The zero-order valence-corrected chi connectivity index (χ0v) is 22.4. The zero-order chi connectivity index (χ0) is 24.4. The van der Waals surface area contributed by atoms with Crippen LogP contribution >= 0.6 is 0 Å². The van der Waals surface area contributed by atoms with Gasteiger partial charge in [-0.2, -0.15) is 0 Å². The largest absolute Gasteiger partial charge is 0.478 e. The van der Waals surface area contributed by atoms with Crippen LogP contribution in [0.25, 0.3) is 0 Å². The summed E-state index contributed by atoms with van der Waals surface area (Å²) in [6.45, 7) is 16.7. The van der Waals surface area contributed by atoms with Crippen LogP contribution in [0, 0.1) is 51.2 Å². The van der Waals surface area contributed by atoms with Crippen LogP contribution in [0.3, 0.4) is 0 Å². The Morgan fingerprint density at radius 3 is 2.27 bits per heavy atom. The van der Waals surface area contributed by atoms with E-state index < -0.39 is 5.97 Å². The lowest BCUT2D eigenvalue weighted by Gasteiger charge is -2.67. The molecule has 0 aliphatic heterocycles. The van der Waals surface area contributed by atoms with E-state index in [1.807, 2.05) is 6.08 Å². The second-order valence-electron chi connectivity index (χ2n) is 14.0. The molecule has 0 heterocycles. The van der Waals surface area contributed by atoms with Gasteiger partial charge in [-0.05, 0) is 122 Å². The van der Waals surface area contributed by atoms with Crippen molar-refractivity contribution in [2.24, 2.45) is 51.2 Å². The van der Waals surface area contributed by atoms with Crippen molar-refractivity contribution in [2.75, 3.05) is 0 Å². The number of allylic oxidation sites excluding steroid dienone is 1. The number of carboxylic acid groups (broad SMARTS) is 1. The number of hydrogen-bond acceptors (Lipinski definition) is 2. The highest BCUT2D eigenvalue weighted by molar-refractivity contribution is 5.85. The third kappa shape index (κ3) is 3.66. The van der Waals surface area contributed by atoms with Gasteiger partial charge in [-0.3, -0.25) is 0 Å². The van der Waals surface area contributed by atoms with Gasteiger partial charge in [0, 0.05) is 5.57 Å². The third-order valence-electron chi connectivity index (χ3n) is 12.6. The molecular weight excluding hydrogens is 408 g/mol. The molecule has 0 radical (unpaired) electrons. The molecule has 2 N–H and O–H groups in total. The molecule has 0 amide bonds. The summed E-state index contributed by atoms with van der Waals surface area (Å²) in [6.07, 6.45) is 14.0. The molecule has 0 aromatic heterocycles. The quantitative estimate of drug-likeness (QED) is 0.420. The average Bonchev–Trinajstić information content (AvgIpc) is 3.02. The van der Waals surface area contributed by atoms with E-state index in [1.165, 1.54) is 44.9 Å². The molecule has 9 atom stereocenters. The highest BCUT2D eigenvalue weighted by atomic mass is 16.4. The molecule has 3 nitrogen and oxygen atoms in total. The van der Waals surface area contributed by atoms with Crippen LogP contribution in [0.15, 0.2) is 11.6 Å². The van der Waals surface area contributed by atoms with Crippen molar-refractivity contribution >= 4 is 5.97 Å². The Bertz CT molecular complexity index is 798. The standard InChI is InChI=1S/C30H50O3/c1-19(9-8-10-20(2)26(32)33)21-13-17-30(7)23-11-12-24-27(3,4)25(31)15-16-28(24,5)22(23)14-18-29(21,30)6/h10,19,21-25,31H,8-9,11-18H2,1-7H3,(H,32,33)/b20-10+/t19-,21+,22-,23+,24+,25+,28-,29-,30-/m1/s1. The maximum Gasteiger partial charge on any atom is 0.330 e. The molecule has 0 aromatic rings. The number of aliphatic hydroxyl groups excluding tert-OH is 1. The molecule has 0 saturated heterocycles. The summed E-state index contributed by atoms with van der Waals surface area (Å²) in [5, 5.41) is 20.0. The SMILES string of the molecule is C/C(=C\CC[C@@H](C)[C@@H]1CC[C@]2(C)[C@H]3CC[C@H]4C(C)(C)[C@@H](O)CC[C@]4(C)[C@@H]3CC[C@]12C)C(=O)O. The van der Waals surface area contributed by atoms with Gasteiger partial charge in [0.15, 0.2) is 0 Å². The second-order valence-corrected chi connectivity index (χ2v) is 14.0. The molecule has 4 fully saturated rings. The molecular formula is C30H50O3. The lowest BCUT2D eigenvalue weighted by atomic mass is 9.38. The molecule has 0 aromatic carbocycles. The van der Waals surface area contributed by atoms with Crippen molar-refractivity contribution in [2.45, 2.75) is 119 Å². The minimum absolute atomic E-state index is 0.0357. The maximum absolute atomic E-state index is 11.1. The van der Waals surface area contributed by atoms with E-state index in [2.05, 4.69) is 41.5 Å². The van der Waals surface area contributed by atoms with E-state index in [0.29, 0.717) is 33.7 Å². The van der Waals surface area contributed by atoms with E-state index in [-0.39, 0.29) is 11.5 Å². The van der Waals surface area contributed by atoms with Crippen molar-refractivity contribution in [3.05, 3.63) is 11.6 Å². The average molecular weight is 459 g/mol. The van der Waals surface area contributed by atoms with Gasteiger partial charge in [0.05, 0.1) is 6.10 Å². The molecule has 3 heteroatoms. The van der Waals surface area contributed by atoms with Gasteiger partial charge < -0.3 is 10.2 Å². The summed E-state index contributed by atoms with van der Waals surface area (Å²) in [6, 6.07) is 0. The topological polar surface area (TPSA) is 57.5 Å². The summed E-state index contributed by atoms with van der Waals surface area (Å²) in [5.41, 5.74) is 1.70. The van der Waals surface area contributed by atoms with Crippen LogP contribution in [0.5, 0.6) is 0 Å². The fourth-order valence-corrected chi connectivity index (χ4v) is 10.3. The molecule has 0 bridgehead atoms. The van der Waals surface area contributed by atoms with E-state index in [0.717, 1.165) is 37.0 Å². The Kier molecular flexibility index (Phi) is 6.42. The van der Waals surface area contributed by atoms with Crippen LogP contribution < -0.4 is 0 Å². The van der Waals surface area contributed by atoms with Gasteiger partial charge in [0.25, 0.3) is 0 Å². The molecule has 4 aliphatic rings. The Balaban J connectivity index is 1.54. The summed E-state index contributed by atoms with van der Waals surface area (Å²) in [5.74, 6) is 2.86. The zero-order valence-electron chi connectivity index (χ0n) is 22.4. The first-order valence-electron chi connectivity index (χ1n) is 13.9. The predicted molar refractivity (Wildman–Crippen MR) is 135 cm³/mol. The highest BCUT2D eigenvalue weighted by Crippen LogP contribution is 2.74. The first-order chi connectivity index (χ1) is 15.3. The number of carbonyl (C=O) groups is 1. The summed E-state index contributed by atoms with van der Waals surface area (Å²) in [7, 11) is 0. The number of hydrogen-bond donors (Lipinski definition) is 2. The lowest BCUT2D eigenvalue weighted by molar-refractivity contribution is -0.200. The Morgan fingerprint density at radius 2 is 1.61 bits per heavy atom. The van der Waals surface area contributed by atoms with E-state index in [4.69, 9.17) is 5.11 Å². The third-order valence-corrected chi connectivity index (χ3v) is 12.6. The lowest BCUT2D eigenvalue weighted by Crippen LogP contribution is -2.61. The van der Waals surface area contributed by atoms with E-state index in [9.17, 15) is 9.90 Å². The van der Waals surface area contributed by atoms with Gasteiger partial charge in [0.2, 0.25) is 0 Å². The van der Waals surface area contributed by atoms with Crippen LogP contribution in [-0.4, -0.2) is 22.3 Å². The minimum atomic E-state index is -0.788. The molecule has 4 aliphatic carbocycles.